The van der Waals surface area contributed by atoms with Crippen molar-refractivity contribution in [3.63, 3.8) is 0 Å². The van der Waals surface area contributed by atoms with Crippen LogP contribution in [0.3, 0.4) is 0 Å². The summed E-state index contributed by atoms with van der Waals surface area (Å²) in [7, 11) is 0. The average Bonchev–Trinajstić information content (AvgIpc) is 2.11. The van der Waals surface area contributed by atoms with Gasteiger partial charge in [0, 0.05) is 6.54 Å². The maximum atomic E-state index is 5.61. The molecule has 72 valence electrons. The van der Waals surface area contributed by atoms with Crippen molar-refractivity contribution in [1.82, 2.24) is 9.97 Å². The van der Waals surface area contributed by atoms with Crippen LogP contribution in [0.15, 0.2) is 10.8 Å². The van der Waals surface area contributed by atoms with Gasteiger partial charge in [0.05, 0.1) is 6.20 Å². The molecule has 13 heavy (non-hydrogen) atoms. The van der Waals surface area contributed by atoms with E-state index < -0.39 is 0 Å². The first-order valence-electron chi connectivity index (χ1n) is 4.26. The smallest absolute Gasteiger partial charge is 0.170 e. The fourth-order valence-corrected chi connectivity index (χ4v) is 1.17. The van der Waals surface area contributed by atoms with Gasteiger partial charge in [-0.1, -0.05) is 13.3 Å². The number of rotatable bonds is 4. The topological polar surface area (TPSA) is 63.8 Å². The van der Waals surface area contributed by atoms with Crippen molar-refractivity contribution in [2.24, 2.45) is 0 Å². The van der Waals surface area contributed by atoms with E-state index in [0.29, 0.717) is 16.2 Å². The van der Waals surface area contributed by atoms with Gasteiger partial charge in [-0.05, 0) is 22.4 Å². The number of hydrogen-bond donors (Lipinski definition) is 2. The van der Waals surface area contributed by atoms with E-state index in [1.807, 2.05) is 0 Å². The molecule has 1 rings (SSSR count). The van der Waals surface area contributed by atoms with Gasteiger partial charge in [-0.25, -0.2) is 9.97 Å². The first kappa shape index (κ1) is 10.2. The third-order valence-electron chi connectivity index (χ3n) is 1.59. The van der Waals surface area contributed by atoms with E-state index in [1.165, 1.54) is 0 Å². The highest BCUT2D eigenvalue weighted by Gasteiger charge is 2.01. The Labute approximate surface area is 86.1 Å². The molecule has 0 fully saturated rings. The molecule has 4 nitrogen and oxygen atoms in total. The SMILES string of the molecule is CCCCNc1nc(Br)cnc1N. The van der Waals surface area contributed by atoms with Crippen molar-refractivity contribution in [2.45, 2.75) is 19.8 Å². The number of nitrogens with one attached hydrogen (secondary N) is 1. The van der Waals surface area contributed by atoms with Gasteiger partial charge >= 0.3 is 0 Å². The average molecular weight is 245 g/mol. The van der Waals surface area contributed by atoms with Crippen molar-refractivity contribution in [1.29, 1.82) is 0 Å². The summed E-state index contributed by atoms with van der Waals surface area (Å²) in [5.41, 5.74) is 5.61. The Balaban J connectivity index is 2.59. The maximum Gasteiger partial charge on any atom is 0.170 e. The molecule has 3 N–H and O–H groups in total. The zero-order valence-electron chi connectivity index (χ0n) is 7.55. The molecule has 0 spiro atoms. The van der Waals surface area contributed by atoms with Crippen LogP contribution in [0.4, 0.5) is 11.6 Å². The fraction of sp³-hybridized carbons (Fsp3) is 0.500. The molecule has 0 atom stereocenters. The quantitative estimate of drug-likeness (QED) is 0.796. The molecule has 0 unspecified atom stereocenters. The molecule has 0 saturated carbocycles. The third kappa shape index (κ3) is 3.18. The predicted octanol–water partition coefficient (Wildman–Crippen LogP) is 2.03. The molecule has 0 aliphatic heterocycles. The second-order valence-corrected chi connectivity index (χ2v) is 3.52. The van der Waals surface area contributed by atoms with Crippen LogP contribution in [-0.2, 0) is 0 Å². The second kappa shape index (κ2) is 5.01. The zero-order valence-corrected chi connectivity index (χ0v) is 9.13. The molecule has 0 bridgehead atoms. The summed E-state index contributed by atoms with van der Waals surface area (Å²) in [6.07, 6.45) is 3.84. The van der Waals surface area contributed by atoms with E-state index in [9.17, 15) is 0 Å². The van der Waals surface area contributed by atoms with Crippen molar-refractivity contribution < 1.29 is 0 Å². The van der Waals surface area contributed by atoms with Gasteiger partial charge in [-0.3, -0.25) is 0 Å². The van der Waals surface area contributed by atoms with Gasteiger partial charge in [0.15, 0.2) is 11.6 Å². The molecular formula is C8H13BrN4. The zero-order chi connectivity index (χ0) is 9.68. The summed E-state index contributed by atoms with van der Waals surface area (Å²) in [4.78, 5) is 8.13. The van der Waals surface area contributed by atoms with Gasteiger partial charge in [-0.2, -0.15) is 0 Å². The summed E-state index contributed by atoms with van der Waals surface area (Å²) in [6, 6.07) is 0. The van der Waals surface area contributed by atoms with Crippen LogP contribution < -0.4 is 11.1 Å². The minimum Gasteiger partial charge on any atom is -0.381 e. The molecule has 0 aromatic carbocycles. The number of nitrogens with two attached hydrogens (primary N) is 1. The van der Waals surface area contributed by atoms with Gasteiger partial charge < -0.3 is 11.1 Å². The second-order valence-electron chi connectivity index (χ2n) is 2.71. The number of halogens is 1. The Morgan fingerprint density at radius 3 is 3.08 bits per heavy atom. The minimum absolute atomic E-state index is 0.444. The van der Waals surface area contributed by atoms with Crippen molar-refractivity contribution >= 4 is 27.6 Å². The van der Waals surface area contributed by atoms with E-state index in [1.54, 1.807) is 6.20 Å². The molecule has 0 aliphatic rings. The van der Waals surface area contributed by atoms with Gasteiger partial charge in [0.25, 0.3) is 0 Å². The number of hydrogen-bond acceptors (Lipinski definition) is 4. The lowest BCUT2D eigenvalue weighted by Crippen LogP contribution is -2.07. The molecule has 0 amide bonds. The molecule has 1 heterocycles. The van der Waals surface area contributed by atoms with Crippen LogP contribution in [0.1, 0.15) is 19.8 Å². The number of unbranched alkanes of at least 4 members (excludes halogenated alkanes) is 1. The van der Waals surface area contributed by atoms with E-state index in [-0.39, 0.29) is 0 Å². The number of nitrogen functional groups attached to an aromatic ring is 1. The van der Waals surface area contributed by atoms with Crippen LogP contribution in [0, 0.1) is 0 Å². The molecule has 1 aromatic heterocycles. The molecule has 0 radical (unpaired) electrons. The lowest BCUT2D eigenvalue weighted by molar-refractivity contribution is 0.830. The third-order valence-corrected chi connectivity index (χ3v) is 1.98. The summed E-state index contributed by atoms with van der Waals surface area (Å²) in [5, 5.41) is 3.13. The minimum atomic E-state index is 0.444. The van der Waals surface area contributed by atoms with Crippen molar-refractivity contribution in [3.8, 4) is 0 Å². The first-order chi connectivity index (χ1) is 6.24. The van der Waals surface area contributed by atoms with Crippen LogP contribution in [-0.4, -0.2) is 16.5 Å². The normalized spacial score (nSPS) is 10.0. The van der Waals surface area contributed by atoms with Gasteiger partial charge in [0.1, 0.15) is 4.60 Å². The van der Waals surface area contributed by atoms with E-state index >= 15 is 0 Å². The molecule has 0 aliphatic carbocycles. The fourth-order valence-electron chi connectivity index (χ4n) is 0.891. The summed E-state index contributed by atoms with van der Waals surface area (Å²) in [5.74, 6) is 1.10. The van der Waals surface area contributed by atoms with Gasteiger partial charge in [0.2, 0.25) is 0 Å². The Kier molecular flexibility index (Phi) is 3.95. The Morgan fingerprint density at radius 1 is 1.62 bits per heavy atom. The molecule has 0 saturated heterocycles. The summed E-state index contributed by atoms with van der Waals surface area (Å²) in [6.45, 7) is 3.02. The summed E-state index contributed by atoms with van der Waals surface area (Å²) >= 11 is 3.24. The highest BCUT2D eigenvalue weighted by atomic mass is 79.9. The number of anilines is 2. The molecular weight excluding hydrogens is 232 g/mol. The lowest BCUT2D eigenvalue weighted by Gasteiger charge is -2.06. The maximum absolute atomic E-state index is 5.61. The molecule has 1 aromatic rings. The van der Waals surface area contributed by atoms with Gasteiger partial charge in [-0.15, -0.1) is 0 Å². The monoisotopic (exact) mass is 244 g/mol. The van der Waals surface area contributed by atoms with Crippen LogP contribution in [0.5, 0.6) is 0 Å². The van der Waals surface area contributed by atoms with E-state index in [4.69, 9.17) is 5.73 Å². The highest BCUT2D eigenvalue weighted by Crippen LogP contribution is 2.15. The van der Waals surface area contributed by atoms with Crippen LogP contribution >= 0.6 is 15.9 Å². The predicted molar refractivity (Wildman–Crippen MR) is 57.5 cm³/mol. The Bertz CT molecular complexity index is 277. The van der Waals surface area contributed by atoms with Crippen molar-refractivity contribution in [3.05, 3.63) is 10.8 Å². The number of nitrogens with zero attached hydrogens (tertiary/aromatic N) is 2. The standard InChI is InChI=1S/C8H13BrN4/c1-2-3-4-11-8-7(10)12-5-6(9)13-8/h5H,2-4H2,1H3,(H2,10,12)(H,11,13). The Hall–Kier alpha value is -0.840. The highest BCUT2D eigenvalue weighted by molar-refractivity contribution is 9.10. The molecule has 5 heteroatoms. The summed E-state index contributed by atoms with van der Waals surface area (Å²) < 4.78 is 0.695. The van der Waals surface area contributed by atoms with E-state index in [2.05, 4.69) is 38.1 Å². The van der Waals surface area contributed by atoms with E-state index in [0.717, 1.165) is 19.4 Å². The lowest BCUT2D eigenvalue weighted by atomic mass is 10.3. The van der Waals surface area contributed by atoms with Crippen LogP contribution in [0.25, 0.3) is 0 Å². The Morgan fingerprint density at radius 2 is 2.38 bits per heavy atom. The largest absolute Gasteiger partial charge is 0.381 e. The number of aromatic nitrogens is 2. The first-order valence-corrected chi connectivity index (χ1v) is 5.05. The van der Waals surface area contributed by atoms with Crippen molar-refractivity contribution in [2.75, 3.05) is 17.6 Å². The van der Waals surface area contributed by atoms with Crippen LogP contribution in [0.2, 0.25) is 0 Å².